The Bertz CT molecular complexity index is 294. The molecule has 0 aromatic carbocycles. The first-order chi connectivity index (χ1) is 7.27. The van der Waals surface area contributed by atoms with E-state index in [-0.39, 0.29) is 24.0 Å². The van der Waals surface area contributed by atoms with Crippen molar-refractivity contribution in [3.05, 3.63) is 22.4 Å². The van der Waals surface area contributed by atoms with E-state index in [9.17, 15) is 0 Å². The molecule has 0 aliphatic heterocycles. The molecule has 2 N–H and O–H groups in total. The summed E-state index contributed by atoms with van der Waals surface area (Å²) >= 11 is 1.77. The van der Waals surface area contributed by atoms with Gasteiger partial charge in [0, 0.05) is 30.9 Å². The maximum atomic E-state index is 5.86. The molecule has 1 rings (SSSR count). The molecular formula is C11H20IN3S. The lowest BCUT2D eigenvalue weighted by Crippen LogP contribution is -2.37. The molecule has 1 heterocycles. The van der Waals surface area contributed by atoms with Crippen molar-refractivity contribution in [1.29, 1.82) is 0 Å². The van der Waals surface area contributed by atoms with Crippen LogP contribution in [-0.4, -0.2) is 30.5 Å². The minimum absolute atomic E-state index is 0. The van der Waals surface area contributed by atoms with Gasteiger partial charge < -0.3 is 10.6 Å². The SMILES string of the molecule is CCN(CC)C(N)=NCCc1cccs1.I. The second kappa shape index (κ2) is 8.81. The molecule has 0 spiro atoms. The Kier molecular flexibility index (Phi) is 8.64. The smallest absolute Gasteiger partial charge is 0.191 e. The average Bonchev–Trinajstić information content (AvgIpc) is 2.72. The fourth-order valence-corrected chi connectivity index (χ4v) is 2.08. The van der Waals surface area contributed by atoms with Gasteiger partial charge in [-0.3, -0.25) is 4.99 Å². The molecule has 0 unspecified atom stereocenters. The van der Waals surface area contributed by atoms with E-state index in [2.05, 4.69) is 41.3 Å². The van der Waals surface area contributed by atoms with Crippen molar-refractivity contribution in [3.8, 4) is 0 Å². The number of halogens is 1. The maximum absolute atomic E-state index is 5.86. The molecule has 0 bridgehead atoms. The summed E-state index contributed by atoms with van der Waals surface area (Å²) < 4.78 is 0. The molecule has 0 aliphatic rings. The highest BCUT2D eigenvalue weighted by Crippen LogP contribution is 2.08. The molecule has 0 amide bonds. The van der Waals surface area contributed by atoms with Crippen molar-refractivity contribution in [1.82, 2.24) is 4.90 Å². The van der Waals surface area contributed by atoms with Gasteiger partial charge in [0.1, 0.15) is 0 Å². The zero-order chi connectivity index (χ0) is 11.1. The lowest BCUT2D eigenvalue weighted by molar-refractivity contribution is 0.458. The third-order valence-corrected chi connectivity index (χ3v) is 3.24. The third kappa shape index (κ3) is 5.16. The number of hydrogen-bond donors (Lipinski definition) is 1. The first kappa shape index (κ1) is 15.7. The second-order valence-corrected chi connectivity index (χ2v) is 4.27. The first-order valence-corrected chi connectivity index (χ1v) is 6.23. The number of nitrogens with two attached hydrogens (primary N) is 1. The van der Waals surface area contributed by atoms with Crippen LogP contribution in [0, 0.1) is 0 Å². The molecule has 0 fully saturated rings. The largest absolute Gasteiger partial charge is 0.370 e. The summed E-state index contributed by atoms with van der Waals surface area (Å²) in [4.78, 5) is 7.80. The van der Waals surface area contributed by atoms with E-state index in [1.165, 1.54) is 4.88 Å². The molecule has 0 atom stereocenters. The van der Waals surface area contributed by atoms with Gasteiger partial charge in [-0.05, 0) is 25.3 Å². The van der Waals surface area contributed by atoms with Crippen molar-refractivity contribution < 1.29 is 0 Å². The topological polar surface area (TPSA) is 41.6 Å². The number of aliphatic imine (C=N–C) groups is 1. The van der Waals surface area contributed by atoms with Gasteiger partial charge >= 0.3 is 0 Å². The van der Waals surface area contributed by atoms with Crippen molar-refractivity contribution in [2.45, 2.75) is 20.3 Å². The first-order valence-electron chi connectivity index (χ1n) is 5.35. The molecule has 1 aromatic heterocycles. The zero-order valence-electron chi connectivity index (χ0n) is 9.85. The fourth-order valence-electron chi connectivity index (χ4n) is 1.38. The summed E-state index contributed by atoms with van der Waals surface area (Å²) in [6, 6.07) is 4.20. The normalized spacial score (nSPS) is 11.0. The minimum atomic E-state index is 0. The van der Waals surface area contributed by atoms with Crippen molar-refractivity contribution >= 4 is 41.3 Å². The van der Waals surface area contributed by atoms with E-state index >= 15 is 0 Å². The van der Waals surface area contributed by atoms with E-state index in [0.29, 0.717) is 5.96 Å². The van der Waals surface area contributed by atoms with Gasteiger partial charge in [0.15, 0.2) is 5.96 Å². The summed E-state index contributed by atoms with van der Waals surface area (Å²) in [5.41, 5.74) is 5.86. The Balaban J connectivity index is 0.00000225. The van der Waals surface area contributed by atoms with Crippen LogP contribution in [0.3, 0.4) is 0 Å². The van der Waals surface area contributed by atoms with Crippen LogP contribution in [0.1, 0.15) is 18.7 Å². The van der Waals surface area contributed by atoms with E-state index in [0.717, 1.165) is 26.1 Å². The summed E-state index contributed by atoms with van der Waals surface area (Å²) in [5.74, 6) is 0.663. The van der Waals surface area contributed by atoms with Gasteiger partial charge in [0.05, 0.1) is 0 Å². The van der Waals surface area contributed by atoms with Crippen LogP contribution in [-0.2, 0) is 6.42 Å². The number of hydrogen-bond acceptors (Lipinski definition) is 2. The molecule has 1 aromatic rings. The summed E-state index contributed by atoms with van der Waals surface area (Å²) in [5, 5.41) is 2.09. The number of thiophene rings is 1. The quantitative estimate of drug-likeness (QED) is 0.502. The average molecular weight is 353 g/mol. The van der Waals surface area contributed by atoms with E-state index < -0.39 is 0 Å². The third-order valence-electron chi connectivity index (χ3n) is 2.30. The maximum Gasteiger partial charge on any atom is 0.191 e. The lowest BCUT2D eigenvalue weighted by atomic mass is 10.3. The summed E-state index contributed by atoms with van der Waals surface area (Å²) in [6.45, 7) is 6.80. The molecule has 0 saturated heterocycles. The molecule has 92 valence electrons. The van der Waals surface area contributed by atoms with Crippen molar-refractivity contribution in [3.63, 3.8) is 0 Å². The predicted molar refractivity (Wildman–Crippen MR) is 82.8 cm³/mol. The number of nitrogens with zero attached hydrogens (tertiary/aromatic N) is 2. The highest BCUT2D eigenvalue weighted by atomic mass is 127. The standard InChI is InChI=1S/C11H19N3S.HI/c1-3-14(4-2)11(12)13-8-7-10-6-5-9-15-10;/h5-6,9H,3-4,7-8H2,1-2H3,(H2,12,13);1H. The van der Waals surface area contributed by atoms with Crippen LogP contribution in [0.2, 0.25) is 0 Å². The monoisotopic (exact) mass is 353 g/mol. The Labute approximate surface area is 119 Å². The van der Waals surface area contributed by atoms with Gasteiger partial charge in [-0.1, -0.05) is 6.07 Å². The number of rotatable bonds is 5. The van der Waals surface area contributed by atoms with E-state index in [1.807, 2.05) is 0 Å². The van der Waals surface area contributed by atoms with Crippen LogP contribution < -0.4 is 5.73 Å². The van der Waals surface area contributed by atoms with Gasteiger partial charge in [0.25, 0.3) is 0 Å². The highest BCUT2D eigenvalue weighted by Gasteiger charge is 2.01. The predicted octanol–water partition coefficient (Wildman–Crippen LogP) is 2.57. The van der Waals surface area contributed by atoms with Gasteiger partial charge in [0.2, 0.25) is 0 Å². The fraction of sp³-hybridized carbons (Fsp3) is 0.545. The molecular weight excluding hydrogens is 333 g/mol. The summed E-state index contributed by atoms with van der Waals surface area (Å²) in [6.07, 6.45) is 0.986. The molecule has 0 saturated carbocycles. The Morgan fingerprint density at radius 1 is 1.44 bits per heavy atom. The molecule has 16 heavy (non-hydrogen) atoms. The Morgan fingerprint density at radius 3 is 2.62 bits per heavy atom. The van der Waals surface area contributed by atoms with E-state index in [1.54, 1.807) is 11.3 Å². The molecule has 0 radical (unpaired) electrons. The molecule has 3 nitrogen and oxygen atoms in total. The lowest BCUT2D eigenvalue weighted by Gasteiger charge is -2.19. The van der Waals surface area contributed by atoms with Crippen LogP contribution in [0.25, 0.3) is 0 Å². The molecule has 0 aliphatic carbocycles. The Morgan fingerprint density at radius 2 is 2.12 bits per heavy atom. The van der Waals surface area contributed by atoms with E-state index in [4.69, 9.17) is 5.73 Å². The number of guanidine groups is 1. The van der Waals surface area contributed by atoms with Crippen molar-refractivity contribution in [2.75, 3.05) is 19.6 Å². The minimum Gasteiger partial charge on any atom is -0.370 e. The highest BCUT2D eigenvalue weighted by molar-refractivity contribution is 14.0. The molecule has 5 heteroatoms. The Hall–Kier alpha value is -0.300. The van der Waals surface area contributed by atoms with Gasteiger partial charge in [-0.25, -0.2) is 0 Å². The van der Waals surface area contributed by atoms with Crippen LogP contribution in [0.4, 0.5) is 0 Å². The van der Waals surface area contributed by atoms with Crippen LogP contribution >= 0.6 is 35.3 Å². The van der Waals surface area contributed by atoms with Gasteiger partial charge in [-0.2, -0.15) is 0 Å². The van der Waals surface area contributed by atoms with Crippen LogP contribution in [0.15, 0.2) is 22.5 Å². The summed E-state index contributed by atoms with van der Waals surface area (Å²) in [7, 11) is 0. The second-order valence-electron chi connectivity index (χ2n) is 3.24. The van der Waals surface area contributed by atoms with Crippen LogP contribution in [0.5, 0.6) is 0 Å². The van der Waals surface area contributed by atoms with Crippen molar-refractivity contribution in [2.24, 2.45) is 10.7 Å². The van der Waals surface area contributed by atoms with Gasteiger partial charge in [-0.15, -0.1) is 35.3 Å². The zero-order valence-corrected chi connectivity index (χ0v) is 13.0.